The van der Waals surface area contributed by atoms with E-state index in [1.807, 2.05) is 31.2 Å². The van der Waals surface area contributed by atoms with E-state index in [0.717, 1.165) is 11.1 Å². The molecular weight excluding hydrogens is 366 g/mol. The Morgan fingerprint density at radius 3 is 2.48 bits per heavy atom. The van der Waals surface area contributed by atoms with E-state index in [9.17, 15) is 9.59 Å². The molecule has 2 N–H and O–H groups in total. The Hall–Kier alpha value is -2.86. The van der Waals surface area contributed by atoms with Crippen molar-refractivity contribution in [2.75, 3.05) is 11.9 Å². The van der Waals surface area contributed by atoms with Gasteiger partial charge >= 0.3 is 0 Å². The van der Waals surface area contributed by atoms with Crippen LogP contribution in [0.4, 0.5) is 5.69 Å². The molecule has 27 heavy (non-hydrogen) atoms. The average molecular weight is 388 g/mol. The molecule has 0 heterocycles. The molecule has 6 nitrogen and oxygen atoms in total. The smallest absolute Gasteiger partial charge is 0.261 e. The van der Waals surface area contributed by atoms with Gasteiger partial charge in [-0.3, -0.25) is 9.59 Å². The lowest BCUT2D eigenvalue weighted by atomic mass is 10.1. The zero-order valence-electron chi connectivity index (χ0n) is 15.5. The molecule has 7 heteroatoms. The van der Waals surface area contributed by atoms with Crippen molar-refractivity contribution in [3.63, 3.8) is 0 Å². The van der Waals surface area contributed by atoms with Crippen LogP contribution in [0.1, 0.15) is 37.9 Å². The fraction of sp³-hybridized carbons (Fsp3) is 0.250. The van der Waals surface area contributed by atoms with Crippen LogP contribution in [0.3, 0.4) is 0 Å². The van der Waals surface area contributed by atoms with Gasteiger partial charge in [0.1, 0.15) is 0 Å². The number of oxime groups is 1. The van der Waals surface area contributed by atoms with Gasteiger partial charge in [-0.25, -0.2) is 0 Å². The van der Waals surface area contributed by atoms with Crippen molar-refractivity contribution in [1.29, 1.82) is 0 Å². The standard InChI is InChI=1S/C20H22ClN3O3/c1-13(17-5-4-6-18(21)11-17)22-20(26)12-27-24-14(2)16-7-9-19(10-8-16)23-15(3)25/h4-11,13H,12H2,1-3H3,(H,22,26)(H,23,25)/b24-14+. The molecule has 0 spiro atoms. The second kappa shape index (κ2) is 9.73. The molecule has 0 bridgehead atoms. The monoisotopic (exact) mass is 387 g/mol. The van der Waals surface area contributed by atoms with Crippen LogP contribution in [0.5, 0.6) is 0 Å². The SMILES string of the molecule is CC(=O)Nc1ccc(/C(C)=N/OCC(=O)NC(C)c2cccc(Cl)c2)cc1. The molecule has 0 aliphatic carbocycles. The predicted molar refractivity (Wildman–Crippen MR) is 107 cm³/mol. The van der Waals surface area contributed by atoms with Crippen LogP contribution < -0.4 is 10.6 Å². The van der Waals surface area contributed by atoms with Crippen LogP contribution >= 0.6 is 11.6 Å². The van der Waals surface area contributed by atoms with Crippen LogP contribution in [-0.4, -0.2) is 24.1 Å². The highest BCUT2D eigenvalue weighted by molar-refractivity contribution is 6.30. The van der Waals surface area contributed by atoms with Gasteiger partial charge in [-0.2, -0.15) is 0 Å². The molecule has 142 valence electrons. The number of hydrogen-bond acceptors (Lipinski definition) is 4. The number of hydrogen-bond donors (Lipinski definition) is 2. The van der Waals surface area contributed by atoms with Gasteiger partial charge in [0, 0.05) is 17.6 Å². The molecule has 0 saturated carbocycles. The average Bonchev–Trinajstić information content (AvgIpc) is 2.61. The zero-order valence-corrected chi connectivity index (χ0v) is 16.2. The first kappa shape index (κ1) is 20.5. The van der Waals surface area contributed by atoms with Gasteiger partial charge in [-0.15, -0.1) is 0 Å². The van der Waals surface area contributed by atoms with E-state index in [2.05, 4.69) is 15.8 Å². The van der Waals surface area contributed by atoms with Gasteiger partial charge in [0.25, 0.3) is 5.91 Å². The van der Waals surface area contributed by atoms with Crippen molar-refractivity contribution in [2.45, 2.75) is 26.8 Å². The largest absolute Gasteiger partial charge is 0.385 e. The van der Waals surface area contributed by atoms with Crippen LogP contribution in [0.25, 0.3) is 0 Å². The highest BCUT2D eigenvalue weighted by Crippen LogP contribution is 2.17. The van der Waals surface area contributed by atoms with Gasteiger partial charge in [0.05, 0.1) is 11.8 Å². The lowest BCUT2D eigenvalue weighted by Gasteiger charge is -2.14. The third kappa shape index (κ3) is 6.75. The van der Waals surface area contributed by atoms with Gasteiger partial charge < -0.3 is 15.5 Å². The molecular formula is C20H22ClN3O3. The van der Waals surface area contributed by atoms with Gasteiger partial charge in [0.15, 0.2) is 6.61 Å². The molecule has 0 saturated heterocycles. The summed E-state index contributed by atoms with van der Waals surface area (Å²) in [5.74, 6) is -0.408. The van der Waals surface area contributed by atoms with Crippen molar-refractivity contribution in [2.24, 2.45) is 5.16 Å². The number of carbonyl (C=O) groups is 2. The Labute approximate surface area is 163 Å². The predicted octanol–water partition coefficient (Wildman–Crippen LogP) is 3.92. The van der Waals surface area contributed by atoms with Crippen LogP contribution in [-0.2, 0) is 14.4 Å². The normalized spacial score (nSPS) is 12.2. The molecule has 2 aromatic carbocycles. The molecule has 2 rings (SSSR count). The summed E-state index contributed by atoms with van der Waals surface area (Å²) >= 11 is 5.96. The fourth-order valence-corrected chi connectivity index (χ4v) is 2.58. The van der Waals surface area contributed by atoms with E-state index in [-0.39, 0.29) is 24.5 Å². The number of carbonyl (C=O) groups excluding carboxylic acids is 2. The first-order valence-corrected chi connectivity index (χ1v) is 8.82. The molecule has 0 aromatic heterocycles. The molecule has 1 atom stereocenters. The second-order valence-electron chi connectivity index (χ2n) is 6.05. The summed E-state index contributed by atoms with van der Waals surface area (Å²) in [7, 11) is 0. The Morgan fingerprint density at radius 2 is 1.85 bits per heavy atom. The lowest BCUT2D eigenvalue weighted by molar-refractivity contribution is -0.126. The van der Waals surface area contributed by atoms with Crippen molar-refractivity contribution in [3.8, 4) is 0 Å². The minimum absolute atomic E-state index is 0.130. The number of benzene rings is 2. The topological polar surface area (TPSA) is 79.8 Å². The second-order valence-corrected chi connectivity index (χ2v) is 6.49. The lowest BCUT2D eigenvalue weighted by Crippen LogP contribution is -2.29. The summed E-state index contributed by atoms with van der Waals surface area (Å²) in [5, 5.41) is 10.1. The molecule has 0 fully saturated rings. The fourth-order valence-electron chi connectivity index (χ4n) is 2.38. The number of amides is 2. The number of nitrogens with zero attached hydrogens (tertiary/aromatic N) is 1. The Bertz CT molecular complexity index is 835. The van der Waals surface area contributed by atoms with E-state index in [0.29, 0.717) is 16.4 Å². The minimum Gasteiger partial charge on any atom is -0.385 e. The number of nitrogens with one attached hydrogen (secondary N) is 2. The summed E-state index contributed by atoms with van der Waals surface area (Å²) in [6, 6.07) is 14.3. The molecule has 0 radical (unpaired) electrons. The molecule has 2 amide bonds. The highest BCUT2D eigenvalue weighted by atomic mass is 35.5. The van der Waals surface area contributed by atoms with Crippen molar-refractivity contribution in [3.05, 3.63) is 64.7 Å². The zero-order chi connectivity index (χ0) is 19.8. The van der Waals surface area contributed by atoms with E-state index in [1.165, 1.54) is 6.92 Å². The van der Waals surface area contributed by atoms with Crippen molar-refractivity contribution < 1.29 is 14.4 Å². The summed E-state index contributed by atoms with van der Waals surface area (Å²) in [4.78, 5) is 28.2. The van der Waals surface area contributed by atoms with Gasteiger partial charge in [-0.05, 0) is 49.2 Å². The summed E-state index contributed by atoms with van der Waals surface area (Å²) < 4.78 is 0. The van der Waals surface area contributed by atoms with Crippen molar-refractivity contribution >= 4 is 34.8 Å². The van der Waals surface area contributed by atoms with E-state index in [1.54, 1.807) is 31.2 Å². The third-order valence-corrected chi connectivity index (χ3v) is 3.98. The Morgan fingerprint density at radius 1 is 1.15 bits per heavy atom. The maximum absolute atomic E-state index is 12.0. The van der Waals surface area contributed by atoms with Crippen LogP contribution in [0.2, 0.25) is 5.02 Å². The summed E-state index contributed by atoms with van der Waals surface area (Å²) in [6.45, 7) is 4.91. The first-order chi connectivity index (χ1) is 12.8. The summed E-state index contributed by atoms with van der Waals surface area (Å²) in [6.07, 6.45) is 0. The van der Waals surface area contributed by atoms with Gasteiger partial charge in [-0.1, -0.05) is 41.0 Å². The maximum Gasteiger partial charge on any atom is 0.261 e. The van der Waals surface area contributed by atoms with Crippen LogP contribution in [0.15, 0.2) is 53.7 Å². The molecule has 0 aliphatic heterocycles. The number of halogens is 1. The quantitative estimate of drug-likeness (QED) is 0.558. The maximum atomic E-state index is 12.0. The van der Waals surface area contributed by atoms with E-state index in [4.69, 9.17) is 16.4 Å². The van der Waals surface area contributed by atoms with Gasteiger partial charge in [0.2, 0.25) is 5.91 Å². The van der Waals surface area contributed by atoms with Crippen LogP contribution in [0, 0.1) is 0 Å². The van der Waals surface area contributed by atoms with E-state index < -0.39 is 0 Å². The Balaban J connectivity index is 1.84. The summed E-state index contributed by atoms with van der Waals surface area (Å²) in [5.41, 5.74) is 3.07. The Kier molecular flexibility index (Phi) is 7.37. The number of rotatable bonds is 7. The number of anilines is 1. The highest BCUT2D eigenvalue weighted by Gasteiger charge is 2.10. The molecule has 0 aliphatic rings. The van der Waals surface area contributed by atoms with E-state index >= 15 is 0 Å². The molecule has 1 unspecified atom stereocenters. The van der Waals surface area contributed by atoms with Crippen molar-refractivity contribution in [1.82, 2.24) is 5.32 Å². The first-order valence-electron chi connectivity index (χ1n) is 8.44. The molecule has 2 aromatic rings. The third-order valence-electron chi connectivity index (χ3n) is 3.75. The minimum atomic E-state index is -0.278.